The zero-order chi connectivity index (χ0) is 16.5. The van der Waals surface area contributed by atoms with E-state index in [0.29, 0.717) is 13.2 Å². The molecule has 0 radical (unpaired) electrons. The fourth-order valence-corrected chi connectivity index (χ4v) is 2.34. The average Bonchev–Trinajstić information content (AvgIpc) is 2.50. The Labute approximate surface area is 138 Å². The van der Waals surface area contributed by atoms with Crippen molar-refractivity contribution in [2.75, 3.05) is 59.8 Å². The summed E-state index contributed by atoms with van der Waals surface area (Å²) in [6.45, 7) is 13.6. The van der Waals surface area contributed by atoms with Crippen LogP contribution in [0.15, 0.2) is 0 Å². The molecule has 0 aliphatic rings. The summed E-state index contributed by atoms with van der Waals surface area (Å²) in [5.41, 5.74) is 0. The fraction of sp³-hybridized carbons (Fsp3) is 1.00. The standard InChI is InChI=1S/C18H39NO3/c1-5-11-20-13-8-7-9-18(3)17-19(4)10-14-22-16-15-21-12-6-2/h18H,5-17H2,1-4H3. The molecule has 0 saturated carbocycles. The average molecular weight is 318 g/mol. The molecule has 1 atom stereocenters. The predicted octanol–water partition coefficient (Wildman–Crippen LogP) is 3.59. The number of nitrogens with zero attached hydrogens (tertiary/aromatic N) is 1. The Kier molecular flexibility index (Phi) is 17.1. The molecule has 0 aromatic rings. The van der Waals surface area contributed by atoms with Gasteiger partial charge in [0.25, 0.3) is 0 Å². The summed E-state index contributed by atoms with van der Waals surface area (Å²) in [6, 6.07) is 0. The van der Waals surface area contributed by atoms with Crippen LogP contribution in [0.5, 0.6) is 0 Å². The molecule has 134 valence electrons. The first kappa shape index (κ1) is 21.8. The summed E-state index contributed by atoms with van der Waals surface area (Å²) in [5, 5.41) is 0. The van der Waals surface area contributed by atoms with Crippen LogP contribution in [-0.4, -0.2) is 64.7 Å². The second-order valence-corrected chi connectivity index (χ2v) is 6.20. The Hall–Kier alpha value is -0.160. The van der Waals surface area contributed by atoms with Crippen molar-refractivity contribution in [3.05, 3.63) is 0 Å². The number of unbranched alkanes of at least 4 members (excludes halogenated alkanes) is 1. The van der Waals surface area contributed by atoms with E-state index < -0.39 is 0 Å². The molecule has 0 spiro atoms. The van der Waals surface area contributed by atoms with Crippen molar-refractivity contribution in [1.29, 1.82) is 0 Å². The predicted molar refractivity (Wildman–Crippen MR) is 93.6 cm³/mol. The number of hydrogen-bond donors (Lipinski definition) is 0. The highest BCUT2D eigenvalue weighted by atomic mass is 16.5. The maximum Gasteiger partial charge on any atom is 0.0701 e. The van der Waals surface area contributed by atoms with Gasteiger partial charge in [-0.3, -0.25) is 0 Å². The largest absolute Gasteiger partial charge is 0.381 e. The fourth-order valence-electron chi connectivity index (χ4n) is 2.34. The SMILES string of the molecule is CCCOCCCCC(C)CN(C)CCOCCOCCC. The molecule has 0 amide bonds. The molecule has 0 bridgehead atoms. The molecule has 0 fully saturated rings. The first-order valence-corrected chi connectivity index (χ1v) is 9.12. The lowest BCUT2D eigenvalue weighted by Gasteiger charge is -2.21. The number of ether oxygens (including phenoxy) is 3. The third-order valence-corrected chi connectivity index (χ3v) is 3.55. The quantitative estimate of drug-likeness (QED) is 0.384. The summed E-state index contributed by atoms with van der Waals surface area (Å²) < 4.78 is 16.5. The van der Waals surface area contributed by atoms with Crippen LogP contribution >= 0.6 is 0 Å². The van der Waals surface area contributed by atoms with Gasteiger partial charge in [-0.15, -0.1) is 0 Å². The normalized spacial score (nSPS) is 13.0. The Morgan fingerprint density at radius 1 is 0.773 bits per heavy atom. The first-order chi connectivity index (χ1) is 10.7. The van der Waals surface area contributed by atoms with E-state index in [1.807, 2.05) is 0 Å². The van der Waals surface area contributed by atoms with Gasteiger partial charge in [-0.25, -0.2) is 0 Å². The maximum absolute atomic E-state index is 5.59. The summed E-state index contributed by atoms with van der Waals surface area (Å²) in [6.07, 6.45) is 5.93. The van der Waals surface area contributed by atoms with E-state index in [4.69, 9.17) is 14.2 Å². The monoisotopic (exact) mass is 317 g/mol. The van der Waals surface area contributed by atoms with Crippen LogP contribution in [0.3, 0.4) is 0 Å². The van der Waals surface area contributed by atoms with Gasteiger partial charge in [-0.1, -0.05) is 27.2 Å². The van der Waals surface area contributed by atoms with Crippen molar-refractivity contribution in [3.8, 4) is 0 Å². The minimum atomic E-state index is 0.709. The van der Waals surface area contributed by atoms with Gasteiger partial charge >= 0.3 is 0 Å². The Morgan fingerprint density at radius 3 is 2.00 bits per heavy atom. The van der Waals surface area contributed by atoms with Crippen LogP contribution in [0.1, 0.15) is 52.9 Å². The van der Waals surface area contributed by atoms with E-state index in [9.17, 15) is 0 Å². The summed E-state index contributed by atoms with van der Waals surface area (Å²) in [4.78, 5) is 2.37. The zero-order valence-corrected chi connectivity index (χ0v) is 15.4. The number of hydrogen-bond acceptors (Lipinski definition) is 4. The van der Waals surface area contributed by atoms with Gasteiger partial charge in [0, 0.05) is 32.9 Å². The van der Waals surface area contributed by atoms with Crippen molar-refractivity contribution in [1.82, 2.24) is 4.90 Å². The third-order valence-electron chi connectivity index (χ3n) is 3.55. The highest BCUT2D eigenvalue weighted by molar-refractivity contribution is 4.59. The van der Waals surface area contributed by atoms with E-state index in [-0.39, 0.29) is 0 Å². The summed E-state index contributed by atoms with van der Waals surface area (Å²) >= 11 is 0. The molecule has 0 aliphatic heterocycles. The summed E-state index contributed by atoms with van der Waals surface area (Å²) in [7, 11) is 2.18. The third kappa shape index (κ3) is 16.2. The molecule has 0 heterocycles. The Morgan fingerprint density at radius 2 is 1.36 bits per heavy atom. The van der Waals surface area contributed by atoms with Gasteiger partial charge in [0.1, 0.15) is 0 Å². The molecule has 0 N–H and O–H groups in total. The first-order valence-electron chi connectivity index (χ1n) is 9.12. The molecule has 0 aromatic heterocycles. The van der Waals surface area contributed by atoms with Gasteiger partial charge < -0.3 is 19.1 Å². The Bertz CT molecular complexity index is 215. The van der Waals surface area contributed by atoms with Crippen LogP contribution in [-0.2, 0) is 14.2 Å². The molecule has 22 heavy (non-hydrogen) atoms. The van der Waals surface area contributed by atoms with Crippen LogP contribution in [0.2, 0.25) is 0 Å². The van der Waals surface area contributed by atoms with Crippen LogP contribution in [0, 0.1) is 5.92 Å². The van der Waals surface area contributed by atoms with Gasteiger partial charge in [0.15, 0.2) is 0 Å². The number of likely N-dealkylation sites (N-methyl/N-ethyl adjacent to an activating group) is 1. The second kappa shape index (κ2) is 17.2. The highest BCUT2D eigenvalue weighted by Crippen LogP contribution is 2.09. The van der Waals surface area contributed by atoms with E-state index in [2.05, 4.69) is 32.7 Å². The van der Waals surface area contributed by atoms with Crippen LogP contribution in [0.4, 0.5) is 0 Å². The lowest BCUT2D eigenvalue weighted by molar-refractivity contribution is 0.0399. The molecule has 0 aliphatic carbocycles. The van der Waals surface area contributed by atoms with Crippen molar-refractivity contribution >= 4 is 0 Å². The lowest BCUT2D eigenvalue weighted by Crippen LogP contribution is -2.28. The van der Waals surface area contributed by atoms with E-state index in [1.165, 1.54) is 19.3 Å². The molecule has 0 saturated heterocycles. The van der Waals surface area contributed by atoms with Gasteiger partial charge in [-0.2, -0.15) is 0 Å². The van der Waals surface area contributed by atoms with Crippen molar-refractivity contribution in [3.63, 3.8) is 0 Å². The number of rotatable bonds is 17. The highest BCUT2D eigenvalue weighted by Gasteiger charge is 2.06. The van der Waals surface area contributed by atoms with Crippen LogP contribution < -0.4 is 0 Å². The molecule has 1 unspecified atom stereocenters. The van der Waals surface area contributed by atoms with Gasteiger partial charge in [0.2, 0.25) is 0 Å². The Balaban J connectivity index is 3.32. The van der Waals surface area contributed by atoms with E-state index in [1.54, 1.807) is 0 Å². The van der Waals surface area contributed by atoms with Crippen LogP contribution in [0.25, 0.3) is 0 Å². The molecular weight excluding hydrogens is 278 g/mol. The smallest absolute Gasteiger partial charge is 0.0701 e. The molecule has 0 aromatic carbocycles. The van der Waals surface area contributed by atoms with E-state index >= 15 is 0 Å². The molecular formula is C18H39NO3. The minimum absolute atomic E-state index is 0.709. The second-order valence-electron chi connectivity index (χ2n) is 6.20. The molecule has 0 rings (SSSR count). The topological polar surface area (TPSA) is 30.9 Å². The zero-order valence-electron chi connectivity index (χ0n) is 15.4. The van der Waals surface area contributed by atoms with Gasteiger partial charge in [-0.05, 0) is 38.6 Å². The van der Waals surface area contributed by atoms with Crippen molar-refractivity contribution in [2.45, 2.75) is 52.9 Å². The minimum Gasteiger partial charge on any atom is -0.381 e. The maximum atomic E-state index is 5.59. The van der Waals surface area contributed by atoms with Crippen molar-refractivity contribution in [2.24, 2.45) is 5.92 Å². The van der Waals surface area contributed by atoms with Crippen molar-refractivity contribution < 1.29 is 14.2 Å². The van der Waals surface area contributed by atoms with E-state index in [0.717, 1.165) is 58.3 Å². The van der Waals surface area contributed by atoms with Gasteiger partial charge in [0.05, 0.1) is 19.8 Å². The lowest BCUT2D eigenvalue weighted by atomic mass is 10.0. The summed E-state index contributed by atoms with van der Waals surface area (Å²) in [5.74, 6) is 0.740. The molecule has 4 heteroatoms. The molecule has 4 nitrogen and oxygen atoms in total.